The van der Waals surface area contributed by atoms with Gasteiger partial charge >= 0.3 is 5.97 Å². The quantitative estimate of drug-likeness (QED) is 0.747. The standard InChI is InChI=1S/C15H21NO5/c1-15(10-21-3,14(18)19)16-13(17)8-11-5-4-6-12(7-11)9-20-2/h4-7H,8-10H2,1-3H3,(H,16,17)(H,18,19). The Morgan fingerprint density at radius 1 is 1.24 bits per heavy atom. The van der Waals surface area contributed by atoms with Gasteiger partial charge in [0, 0.05) is 14.2 Å². The predicted octanol–water partition coefficient (Wildman–Crippen LogP) is 0.981. The Morgan fingerprint density at radius 3 is 2.48 bits per heavy atom. The highest BCUT2D eigenvalue weighted by Gasteiger charge is 2.34. The lowest BCUT2D eigenvalue weighted by Gasteiger charge is -2.25. The maximum absolute atomic E-state index is 12.0. The van der Waals surface area contributed by atoms with Gasteiger partial charge < -0.3 is 19.9 Å². The average Bonchev–Trinajstić information content (AvgIpc) is 2.39. The summed E-state index contributed by atoms with van der Waals surface area (Å²) in [6, 6.07) is 7.41. The highest BCUT2D eigenvalue weighted by atomic mass is 16.5. The second kappa shape index (κ2) is 7.75. The Labute approximate surface area is 124 Å². The van der Waals surface area contributed by atoms with E-state index in [0.717, 1.165) is 11.1 Å². The first-order valence-corrected chi connectivity index (χ1v) is 6.51. The van der Waals surface area contributed by atoms with Crippen LogP contribution in [0.15, 0.2) is 24.3 Å². The number of benzene rings is 1. The molecule has 1 unspecified atom stereocenters. The van der Waals surface area contributed by atoms with E-state index in [9.17, 15) is 14.7 Å². The number of hydrogen-bond donors (Lipinski definition) is 2. The molecule has 1 aromatic carbocycles. The number of carbonyl (C=O) groups excluding carboxylic acids is 1. The molecule has 1 amide bonds. The van der Waals surface area contributed by atoms with Gasteiger partial charge in [0.15, 0.2) is 5.54 Å². The summed E-state index contributed by atoms with van der Waals surface area (Å²) >= 11 is 0. The van der Waals surface area contributed by atoms with Gasteiger partial charge in [0.05, 0.1) is 19.6 Å². The van der Waals surface area contributed by atoms with Crippen molar-refractivity contribution in [3.63, 3.8) is 0 Å². The van der Waals surface area contributed by atoms with Crippen molar-refractivity contribution >= 4 is 11.9 Å². The second-order valence-corrected chi connectivity index (χ2v) is 5.05. The molecule has 0 saturated heterocycles. The van der Waals surface area contributed by atoms with Crippen molar-refractivity contribution in [1.82, 2.24) is 5.32 Å². The summed E-state index contributed by atoms with van der Waals surface area (Å²) < 4.78 is 9.90. The summed E-state index contributed by atoms with van der Waals surface area (Å²) in [5.41, 5.74) is 0.323. The summed E-state index contributed by atoms with van der Waals surface area (Å²) in [6.45, 7) is 1.78. The number of nitrogens with one attached hydrogen (secondary N) is 1. The van der Waals surface area contributed by atoms with Crippen LogP contribution in [0.2, 0.25) is 0 Å². The lowest BCUT2D eigenvalue weighted by atomic mass is 10.0. The molecule has 0 aliphatic carbocycles. The predicted molar refractivity (Wildman–Crippen MR) is 76.9 cm³/mol. The van der Waals surface area contributed by atoms with Crippen molar-refractivity contribution in [2.45, 2.75) is 25.5 Å². The molecule has 0 saturated carbocycles. The van der Waals surface area contributed by atoms with Crippen LogP contribution < -0.4 is 5.32 Å². The van der Waals surface area contributed by atoms with Gasteiger partial charge in [-0.3, -0.25) is 4.79 Å². The topological polar surface area (TPSA) is 84.9 Å². The van der Waals surface area contributed by atoms with E-state index in [1.165, 1.54) is 14.0 Å². The van der Waals surface area contributed by atoms with Crippen molar-refractivity contribution in [3.05, 3.63) is 35.4 Å². The molecule has 6 nitrogen and oxygen atoms in total. The molecule has 0 bridgehead atoms. The zero-order valence-corrected chi connectivity index (χ0v) is 12.5. The first kappa shape index (κ1) is 17.1. The molecule has 1 rings (SSSR count). The first-order valence-electron chi connectivity index (χ1n) is 6.51. The van der Waals surface area contributed by atoms with Crippen LogP contribution in [0.25, 0.3) is 0 Å². The molecule has 0 fully saturated rings. The lowest BCUT2D eigenvalue weighted by Crippen LogP contribution is -2.55. The van der Waals surface area contributed by atoms with E-state index in [4.69, 9.17) is 9.47 Å². The lowest BCUT2D eigenvalue weighted by molar-refractivity contribution is -0.149. The molecule has 0 aromatic heterocycles. The van der Waals surface area contributed by atoms with E-state index >= 15 is 0 Å². The average molecular weight is 295 g/mol. The van der Waals surface area contributed by atoms with E-state index in [2.05, 4.69) is 5.32 Å². The maximum Gasteiger partial charge on any atom is 0.331 e. The van der Waals surface area contributed by atoms with Gasteiger partial charge in [-0.15, -0.1) is 0 Å². The van der Waals surface area contributed by atoms with Gasteiger partial charge in [-0.25, -0.2) is 4.79 Å². The molecule has 0 heterocycles. The molecular formula is C15H21NO5. The second-order valence-electron chi connectivity index (χ2n) is 5.05. The van der Waals surface area contributed by atoms with E-state index in [1.54, 1.807) is 7.11 Å². The van der Waals surface area contributed by atoms with E-state index < -0.39 is 11.5 Å². The molecule has 0 spiro atoms. The summed E-state index contributed by atoms with van der Waals surface area (Å²) in [6.07, 6.45) is 0.101. The Hall–Kier alpha value is -1.92. The van der Waals surface area contributed by atoms with Crippen LogP contribution in [-0.2, 0) is 32.1 Å². The van der Waals surface area contributed by atoms with Crippen LogP contribution in [0, 0.1) is 0 Å². The van der Waals surface area contributed by atoms with E-state index in [1.807, 2.05) is 24.3 Å². The number of hydrogen-bond acceptors (Lipinski definition) is 4. The molecule has 6 heteroatoms. The minimum Gasteiger partial charge on any atom is -0.479 e. The zero-order valence-electron chi connectivity index (χ0n) is 12.5. The summed E-state index contributed by atoms with van der Waals surface area (Å²) in [5, 5.41) is 11.7. The number of carboxylic acids is 1. The largest absolute Gasteiger partial charge is 0.479 e. The van der Waals surface area contributed by atoms with Crippen LogP contribution in [0.4, 0.5) is 0 Å². The van der Waals surface area contributed by atoms with Crippen LogP contribution in [-0.4, -0.2) is 43.3 Å². The summed E-state index contributed by atoms with van der Waals surface area (Å²) in [4.78, 5) is 23.2. The van der Waals surface area contributed by atoms with Crippen LogP contribution >= 0.6 is 0 Å². The fourth-order valence-electron chi connectivity index (χ4n) is 1.97. The van der Waals surface area contributed by atoms with Gasteiger partial charge in [-0.2, -0.15) is 0 Å². The van der Waals surface area contributed by atoms with Crippen molar-refractivity contribution < 1.29 is 24.2 Å². The third kappa shape index (κ3) is 5.17. The number of rotatable bonds is 8. The van der Waals surface area contributed by atoms with Crippen LogP contribution in [0.5, 0.6) is 0 Å². The summed E-state index contributed by atoms with van der Waals surface area (Å²) in [5.74, 6) is -1.50. The Bertz CT molecular complexity index is 503. The van der Waals surface area contributed by atoms with Crippen molar-refractivity contribution in [1.29, 1.82) is 0 Å². The minimum atomic E-state index is -1.43. The van der Waals surface area contributed by atoms with Gasteiger partial charge in [0.2, 0.25) is 5.91 Å². The molecule has 2 N–H and O–H groups in total. The molecule has 0 aliphatic heterocycles. The van der Waals surface area contributed by atoms with Gasteiger partial charge in [0.25, 0.3) is 0 Å². The highest BCUT2D eigenvalue weighted by molar-refractivity contribution is 5.87. The number of methoxy groups -OCH3 is 2. The normalized spacial score (nSPS) is 13.5. The maximum atomic E-state index is 12.0. The number of carbonyl (C=O) groups is 2. The molecule has 1 aromatic rings. The van der Waals surface area contributed by atoms with Crippen molar-refractivity contribution in [2.75, 3.05) is 20.8 Å². The smallest absolute Gasteiger partial charge is 0.331 e. The van der Waals surface area contributed by atoms with Crippen molar-refractivity contribution in [2.24, 2.45) is 0 Å². The third-order valence-corrected chi connectivity index (χ3v) is 2.99. The fraction of sp³-hybridized carbons (Fsp3) is 0.467. The van der Waals surface area contributed by atoms with Crippen molar-refractivity contribution in [3.8, 4) is 0 Å². The Kier molecular flexibility index (Phi) is 6.33. The number of ether oxygens (including phenoxy) is 2. The fourth-order valence-corrected chi connectivity index (χ4v) is 1.97. The number of carboxylic acid groups (broad SMARTS) is 1. The summed E-state index contributed by atoms with van der Waals surface area (Å²) in [7, 11) is 2.99. The van der Waals surface area contributed by atoms with E-state index in [0.29, 0.717) is 6.61 Å². The van der Waals surface area contributed by atoms with E-state index in [-0.39, 0.29) is 18.9 Å². The first-order chi connectivity index (χ1) is 9.91. The molecular weight excluding hydrogens is 274 g/mol. The number of amides is 1. The molecule has 0 radical (unpaired) electrons. The monoisotopic (exact) mass is 295 g/mol. The minimum absolute atomic E-state index is 0.0994. The van der Waals surface area contributed by atoms with Gasteiger partial charge in [-0.1, -0.05) is 24.3 Å². The SMILES string of the molecule is COCc1cccc(CC(=O)NC(C)(COC)C(=O)O)c1. The van der Waals surface area contributed by atoms with Crippen LogP contribution in [0.3, 0.4) is 0 Å². The van der Waals surface area contributed by atoms with Crippen LogP contribution in [0.1, 0.15) is 18.1 Å². The zero-order chi connectivity index (χ0) is 15.9. The molecule has 1 atom stereocenters. The Morgan fingerprint density at radius 2 is 1.90 bits per heavy atom. The Balaban J connectivity index is 2.72. The molecule has 0 aliphatic rings. The highest BCUT2D eigenvalue weighted by Crippen LogP contribution is 2.09. The number of aliphatic carboxylic acids is 1. The molecule has 21 heavy (non-hydrogen) atoms. The van der Waals surface area contributed by atoms with Gasteiger partial charge in [-0.05, 0) is 18.1 Å². The van der Waals surface area contributed by atoms with Gasteiger partial charge in [0.1, 0.15) is 0 Å². The third-order valence-electron chi connectivity index (χ3n) is 2.99. The molecule has 116 valence electrons.